The molecule has 3 aromatic heterocycles. The van der Waals surface area contributed by atoms with E-state index in [0.717, 1.165) is 31.2 Å². The van der Waals surface area contributed by atoms with E-state index in [1.165, 1.54) is 17.7 Å². The van der Waals surface area contributed by atoms with E-state index in [1.54, 1.807) is 28.6 Å². The fourth-order valence-electron chi connectivity index (χ4n) is 4.64. The maximum absolute atomic E-state index is 14.1. The third-order valence-electron chi connectivity index (χ3n) is 6.45. The molecule has 5 rings (SSSR count). The van der Waals surface area contributed by atoms with Gasteiger partial charge in [0.05, 0.1) is 29.9 Å². The highest BCUT2D eigenvalue weighted by Crippen LogP contribution is 2.37. The third kappa shape index (κ3) is 3.49. The second-order valence-corrected chi connectivity index (χ2v) is 8.49. The lowest BCUT2D eigenvalue weighted by atomic mass is 9.82. The Hall–Kier alpha value is -3.43. The minimum atomic E-state index is -0.474. The molecule has 0 spiro atoms. The molecule has 0 amide bonds. The highest BCUT2D eigenvalue weighted by atomic mass is 19.1. The lowest BCUT2D eigenvalue weighted by molar-refractivity contribution is 0.270. The van der Waals surface area contributed by atoms with Crippen molar-refractivity contribution < 1.29 is 13.5 Å². The van der Waals surface area contributed by atoms with Crippen LogP contribution < -0.4 is 10.4 Å². The van der Waals surface area contributed by atoms with Crippen molar-refractivity contribution in [1.29, 1.82) is 0 Å². The smallest absolute Gasteiger partial charge is 0.328 e. The summed E-state index contributed by atoms with van der Waals surface area (Å²) in [6.45, 7) is 0.586. The number of methoxy groups -OCH3 is 1. The summed E-state index contributed by atoms with van der Waals surface area (Å²) in [5, 5.41) is 12.6. The molecule has 1 saturated carbocycles. The highest BCUT2D eigenvalue weighted by Gasteiger charge is 2.28. The van der Waals surface area contributed by atoms with Crippen LogP contribution in [0.4, 0.5) is 4.39 Å². The molecule has 10 heteroatoms. The van der Waals surface area contributed by atoms with Gasteiger partial charge in [-0.25, -0.2) is 9.18 Å². The molecule has 0 N–H and O–H groups in total. The van der Waals surface area contributed by atoms with Crippen molar-refractivity contribution in [2.45, 2.75) is 38.1 Å². The first-order chi connectivity index (χ1) is 15.4. The highest BCUT2D eigenvalue weighted by molar-refractivity contribution is 5.78. The first-order valence-electron chi connectivity index (χ1n) is 10.7. The summed E-state index contributed by atoms with van der Waals surface area (Å²) in [5.41, 5.74) is 1.92. The average Bonchev–Trinajstić information content (AvgIpc) is 3.50. The molecular weight excluding hydrogens is 415 g/mol. The van der Waals surface area contributed by atoms with Crippen LogP contribution in [-0.4, -0.2) is 36.2 Å². The summed E-state index contributed by atoms with van der Waals surface area (Å²) < 4.78 is 30.1. The van der Waals surface area contributed by atoms with Crippen LogP contribution in [0.25, 0.3) is 22.5 Å². The van der Waals surface area contributed by atoms with E-state index in [2.05, 4.69) is 15.3 Å². The first-order valence-corrected chi connectivity index (χ1v) is 10.7. The average molecular weight is 440 g/mol. The maximum Gasteiger partial charge on any atom is 0.328 e. The molecule has 0 bridgehead atoms. The summed E-state index contributed by atoms with van der Waals surface area (Å²) in [6, 6.07) is 2.97. The SMILES string of the molecule is COc1cc2c(cc1F)n(C)c(=O)n2C[C@H]1CC[C@H](c2nnc(-c3cnn(C)c3)o2)CC1. The molecule has 1 fully saturated rings. The van der Waals surface area contributed by atoms with Gasteiger partial charge in [-0.2, -0.15) is 5.10 Å². The molecule has 1 aliphatic carbocycles. The second-order valence-electron chi connectivity index (χ2n) is 8.49. The molecule has 0 unspecified atom stereocenters. The topological polar surface area (TPSA) is 92.9 Å². The number of aromatic nitrogens is 6. The van der Waals surface area contributed by atoms with E-state index in [1.807, 2.05) is 13.2 Å². The van der Waals surface area contributed by atoms with Crippen molar-refractivity contribution in [3.05, 3.63) is 46.7 Å². The van der Waals surface area contributed by atoms with Gasteiger partial charge in [0.15, 0.2) is 11.6 Å². The van der Waals surface area contributed by atoms with Gasteiger partial charge >= 0.3 is 5.69 Å². The van der Waals surface area contributed by atoms with Crippen LogP contribution >= 0.6 is 0 Å². The zero-order valence-electron chi connectivity index (χ0n) is 18.3. The second kappa shape index (κ2) is 7.92. The van der Waals surface area contributed by atoms with Crippen LogP contribution in [0.15, 0.2) is 33.7 Å². The fraction of sp³-hybridized carbons (Fsp3) is 0.455. The molecule has 9 nitrogen and oxygen atoms in total. The molecule has 32 heavy (non-hydrogen) atoms. The van der Waals surface area contributed by atoms with Crippen LogP contribution in [-0.2, 0) is 20.6 Å². The van der Waals surface area contributed by atoms with Gasteiger partial charge in [0, 0.05) is 44.9 Å². The van der Waals surface area contributed by atoms with Crippen molar-refractivity contribution in [3.8, 4) is 17.2 Å². The van der Waals surface area contributed by atoms with Gasteiger partial charge in [0.25, 0.3) is 5.89 Å². The number of nitrogens with zero attached hydrogens (tertiary/aromatic N) is 6. The predicted octanol–water partition coefficient (Wildman–Crippen LogP) is 3.25. The number of rotatable bonds is 5. The number of halogens is 1. The largest absolute Gasteiger partial charge is 0.494 e. The molecule has 168 valence electrons. The number of hydrogen-bond donors (Lipinski definition) is 0. The van der Waals surface area contributed by atoms with Crippen molar-refractivity contribution >= 4 is 11.0 Å². The van der Waals surface area contributed by atoms with Crippen LogP contribution in [0.5, 0.6) is 5.75 Å². The van der Waals surface area contributed by atoms with Crippen LogP contribution in [0, 0.1) is 11.7 Å². The third-order valence-corrected chi connectivity index (χ3v) is 6.45. The van der Waals surface area contributed by atoms with Crippen LogP contribution in [0.1, 0.15) is 37.5 Å². The maximum atomic E-state index is 14.1. The molecule has 0 atom stereocenters. The molecule has 3 heterocycles. The molecule has 0 aliphatic heterocycles. The van der Waals surface area contributed by atoms with Gasteiger partial charge in [0.2, 0.25) is 5.89 Å². The Labute approximate surface area is 183 Å². The van der Waals surface area contributed by atoms with E-state index in [-0.39, 0.29) is 17.4 Å². The summed E-state index contributed by atoms with van der Waals surface area (Å²) in [6.07, 6.45) is 7.26. The zero-order chi connectivity index (χ0) is 22.4. The molecular formula is C22H25FN6O3. The van der Waals surface area contributed by atoms with Gasteiger partial charge in [-0.3, -0.25) is 13.8 Å². The standard InChI is InChI=1S/C22H25FN6O3/c1-27-12-15(10-24-27)21-26-25-20(32-21)14-6-4-13(5-7-14)11-29-18-9-19(31-3)16(23)8-17(18)28(2)22(29)30/h8-10,12-14H,4-7,11H2,1-3H3/t13-,14-. The van der Waals surface area contributed by atoms with E-state index < -0.39 is 5.82 Å². The number of benzene rings is 1. The van der Waals surface area contributed by atoms with Crippen molar-refractivity contribution in [2.75, 3.05) is 7.11 Å². The quantitative estimate of drug-likeness (QED) is 0.473. The number of ether oxygens (including phenoxy) is 1. The molecule has 1 aromatic carbocycles. The minimum absolute atomic E-state index is 0.140. The van der Waals surface area contributed by atoms with E-state index in [9.17, 15) is 9.18 Å². The molecule has 1 aliphatic rings. The van der Waals surface area contributed by atoms with Crippen molar-refractivity contribution in [3.63, 3.8) is 0 Å². The Morgan fingerprint density at radius 1 is 1.16 bits per heavy atom. The Morgan fingerprint density at radius 3 is 2.62 bits per heavy atom. The Bertz CT molecular complexity index is 1330. The molecule has 4 aromatic rings. The van der Waals surface area contributed by atoms with E-state index in [4.69, 9.17) is 9.15 Å². The van der Waals surface area contributed by atoms with Gasteiger partial charge in [0.1, 0.15) is 0 Å². The minimum Gasteiger partial charge on any atom is -0.494 e. The monoisotopic (exact) mass is 440 g/mol. The lowest BCUT2D eigenvalue weighted by Crippen LogP contribution is -2.27. The van der Waals surface area contributed by atoms with Gasteiger partial charge in [-0.05, 0) is 31.6 Å². The summed E-state index contributed by atoms with van der Waals surface area (Å²) in [4.78, 5) is 12.8. The van der Waals surface area contributed by atoms with Gasteiger partial charge in [-0.1, -0.05) is 0 Å². The van der Waals surface area contributed by atoms with Crippen molar-refractivity contribution in [1.82, 2.24) is 29.1 Å². The fourth-order valence-corrected chi connectivity index (χ4v) is 4.64. The van der Waals surface area contributed by atoms with Gasteiger partial charge < -0.3 is 9.15 Å². The first kappa shape index (κ1) is 20.5. The van der Waals surface area contributed by atoms with E-state index in [0.29, 0.717) is 35.3 Å². The molecule has 0 radical (unpaired) electrons. The number of hydrogen-bond acceptors (Lipinski definition) is 6. The zero-order valence-corrected chi connectivity index (χ0v) is 18.3. The summed E-state index contributed by atoms with van der Waals surface area (Å²) >= 11 is 0. The molecule has 0 saturated heterocycles. The summed E-state index contributed by atoms with van der Waals surface area (Å²) in [5.74, 6) is 1.36. The Kier molecular flexibility index (Phi) is 5.07. The van der Waals surface area contributed by atoms with Crippen LogP contribution in [0.2, 0.25) is 0 Å². The Morgan fingerprint density at radius 2 is 1.94 bits per heavy atom. The number of imidazole rings is 1. The Balaban J connectivity index is 1.30. The number of aryl methyl sites for hydroxylation is 2. The van der Waals surface area contributed by atoms with Crippen LogP contribution in [0.3, 0.4) is 0 Å². The predicted molar refractivity (Wildman–Crippen MR) is 115 cm³/mol. The number of fused-ring (bicyclic) bond motifs is 1. The van der Waals surface area contributed by atoms with Gasteiger partial charge in [-0.15, -0.1) is 10.2 Å². The van der Waals surface area contributed by atoms with E-state index >= 15 is 0 Å². The summed E-state index contributed by atoms with van der Waals surface area (Å²) in [7, 11) is 4.93. The lowest BCUT2D eigenvalue weighted by Gasteiger charge is -2.26. The normalized spacial score (nSPS) is 19.0. The van der Waals surface area contributed by atoms with Crippen molar-refractivity contribution in [2.24, 2.45) is 20.0 Å².